The lowest BCUT2D eigenvalue weighted by Gasteiger charge is -2.17. The van der Waals surface area contributed by atoms with Crippen LogP contribution in [-0.4, -0.2) is 23.3 Å². The summed E-state index contributed by atoms with van der Waals surface area (Å²) in [5, 5.41) is 3.22. The van der Waals surface area contributed by atoms with E-state index in [0.717, 1.165) is 22.4 Å². The standard InChI is InChI=1S/C22H24N2O2/c1-14(2)13-24-21(25)19(17-8-6-5-7-9-17)20(22(24)26)23-18-11-15(3)10-16(4)12-18/h5-12,14,23H,13H2,1-4H3. The third-order valence-corrected chi connectivity index (χ3v) is 4.27. The van der Waals surface area contributed by atoms with Gasteiger partial charge in [-0.3, -0.25) is 14.5 Å². The van der Waals surface area contributed by atoms with Crippen LogP contribution in [0.1, 0.15) is 30.5 Å². The topological polar surface area (TPSA) is 49.4 Å². The Morgan fingerprint density at radius 2 is 1.54 bits per heavy atom. The quantitative estimate of drug-likeness (QED) is 0.826. The highest BCUT2D eigenvalue weighted by molar-refractivity contribution is 6.36. The van der Waals surface area contributed by atoms with Crippen molar-refractivity contribution in [1.29, 1.82) is 0 Å². The molecule has 4 heteroatoms. The maximum atomic E-state index is 13.0. The van der Waals surface area contributed by atoms with Crippen molar-refractivity contribution >= 4 is 23.1 Å². The Bertz CT molecular complexity index is 862. The number of hydrogen-bond donors (Lipinski definition) is 1. The number of carbonyl (C=O) groups excluding carboxylic acids is 2. The zero-order valence-corrected chi connectivity index (χ0v) is 15.7. The molecule has 0 saturated carbocycles. The molecule has 1 aliphatic rings. The smallest absolute Gasteiger partial charge is 0.278 e. The van der Waals surface area contributed by atoms with Crippen LogP contribution in [0, 0.1) is 19.8 Å². The van der Waals surface area contributed by atoms with E-state index in [1.54, 1.807) is 0 Å². The Hall–Kier alpha value is -2.88. The van der Waals surface area contributed by atoms with Gasteiger partial charge in [0.05, 0.1) is 5.57 Å². The first-order chi connectivity index (χ1) is 12.4. The maximum Gasteiger partial charge on any atom is 0.278 e. The summed E-state index contributed by atoms with van der Waals surface area (Å²) in [7, 11) is 0. The predicted octanol–water partition coefficient (Wildman–Crippen LogP) is 4.15. The molecule has 1 N–H and O–H groups in total. The normalized spacial score (nSPS) is 14.6. The number of hydrogen-bond acceptors (Lipinski definition) is 3. The predicted molar refractivity (Wildman–Crippen MR) is 104 cm³/mol. The number of nitrogens with one attached hydrogen (secondary N) is 1. The molecule has 1 heterocycles. The molecular formula is C22H24N2O2. The van der Waals surface area contributed by atoms with Crippen LogP contribution in [0.25, 0.3) is 5.57 Å². The molecule has 2 amide bonds. The van der Waals surface area contributed by atoms with Crippen LogP contribution in [0.5, 0.6) is 0 Å². The lowest BCUT2D eigenvalue weighted by molar-refractivity contribution is -0.137. The van der Waals surface area contributed by atoms with Crippen LogP contribution in [-0.2, 0) is 9.59 Å². The van der Waals surface area contributed by atoms with E-state index in [2.05, 4.69) is 11.4 Å². The van der Waals surface area contributed by atoms with Gasteiger partial charge in [-0.1, -0.05) is 50.2 Å². The summed E-state index contributed by atoms with van der Waals surface area (Å²) in [6.07, 6.45) is 0. The third-order valence-electron chi connectivity index (χ3n) is 4.27. The van der Waals surface area contributed by atoms with Crippen LogP contribution in [0.3, 0.4) is 0 Å². The second-order valence-corrected chi connectivity index (χ2v) is 7.23. The highest BCUT2D eigenvalue weighted by Gasteiger charge is 2.39. The van der Waals surface area contributed by atoms with Crippen LogP contribution < -0.4 is 5.32 Å². The first-order valence-corrected chi connectivity index (χ1v) is 8.88. The Balaban J connectivity index is 2.07. The lowest BCUT2D eigenvalue weighted by Crippen LogP contribution is -2.35. The monoisotopic (exact) mass is 348 g/mol. The highest BCUT2D eigenvalue weighted by atomic mass is 16.2. The Kier molecular flexibility index (Phi) is 4.94. The van der Waals surface area contributed by atoms with Gasteiger partial charge in [-0.25, -0.2) is 0 Å². The number of benzene rings is 2. The minimum Gasteiger partial charge on any atom is -0.350 e. The van der Waals surface area contributed by atoms with E-state index in [0.29, 0.717) is 17.8 Å². The molecule has 26 heavy (non-hydrogen) atoms. The first kappa shape index (κ1) is 17.9. The van der Waals surface area contributed by atoms with Gasteiger partial charge in [0.25, 0.3) is 11.8 Å². The van der Waals surface area contributed by atoms with Crippen molar-refractivity contribution < 1.29 is 9.59 Å². The van der Waals surface area contributed by atoms with Gasteiger partial charge in [-0.05, 0) is 48.6 Å². The molecule has 3 rings (SSSR count). The third kappa shape index (κ3) is 3.54. The fourth-order valence-electron chi connectivity index (χ4n) is 3.29. The minimum atomic E-state index is -0.262. The molecule has 0 atom stereocenters. The van der Waals surface area contributed by atoms with E-state index in [-0.39, 0.29) is 17.7 Å². The molecular weight excluding hydrogens is 324 g/mol. The van der Waals surface area contributed by atoms with Crippen molar-refractivity contribution in [1.82, 2.24) is 4.90 Å². The molecule has 2 aromatic rings. The SMILES string of the molecule is Cc1cc(C)cc(NC2=C(c3ccccc3)C(=O)N(CC(C)C)C2=O)c1. The number of imide groups is 1. The Morgan fingerprint density at radius 1 is 0.923 bits per heavy atom. The van der Waals surface area contributed by atoms with E-state index in [4.69, 9.17) is 0 Å². The second kappa shape index (κ2) is 7.16. The largest absolute Gasteiger partial charge is 0.350 e. The summed E-state index contributed by atoms with van der Waals surface area (Å²) < 4.78 is 0. The molecule has 1 aliphatic heterocycles. The van der Waals surface area contributed by atoms with Crippen molar-refractivity contribution in [2.45, 2.75) is 27.7 Å². The molecule has 134 valence electrons. The molecule has 0 radical (unpaired) electrons. The van der Waals surface area contributed by atoms with E-state index in [1.165, 1.54) is 4.90 Å². The van der Waals surface area contributed by atoms with E-state index in [1.807, 2.05) is 70.2 Å². The van der Waals surface area contributed by atoms with Gasteiger partial charge in [0.15, 0.2) is 0 Å². The number of rotatable bonds is 5. The lowest BCUT2D eigenvalue weighted by atomic mass is 10.0. The van der Waals surface area contributed by atoms with Crippen LogP contribution in [0.2, 0.25) is 0 Å². The van der Waals surface area contributed by atoms with Crippen LogP contribution in [0.15, 0.2) is 54.2 Å². The summed E-state index contributed by atoms with van der Waals surface area (Å²) >= 11 is 0. The van der Waals surface area contributed by atoms with Gasteiger partial charge >= 0.3 is 0 Å². The van der Waals surface area contributed by atoms with Gasteiger partial charge in [0.1, 0.15) is 5.70 Å². The average molecular weight is 348 g/mol. The van der Waals surface area contributed by atoms with Crippen molar-refractivity contribution in [3.05, 3.63) is 70.9 Å². The second-order valence-electron chi connectivity index (χ2n) is 7.23. The summed E-state index contributed by atoms with van der Waals surface area (Å²) in [4.78, 5) is 27.3. The highest BCUT2D eigenvalue weighted by Crippen LogP contribution is 2.31. The molecule has 0 aromatic heterocycles. The minimum absolute atomic E-state index is 0.209. The first-order valence-electron chi connectivity index (χ1n) is 8.88. The molecule has 0 spiro atoms. The Morgan fingerprint density at radius 3 is 2.12 bits per heavy atom. The van der Waals surface area contributed by atoms with Gasteiger partial charge < -0.3 is 5.32 Å². The van der Waals surface area contributed by atoms with Crippen molar-refractivity contribution in [3.8, 4) is 0 Å². The summed E-state index contributed by atoms with van der Waals surface area (Å²) in [5.74, 6) is -0.288. The molecule has 4 nitrogen and oxygen atoms in total. The zero-order valence-electron chi connectivity index (χ0n) is 15.7. The summed E-state index contributed by atoms with van der Waals surface area (Å²) in [6.45, 7) is 8.43. The molecule has 0 fully saturated rings. The molecule has 0 bridgehead atoms. The number of carbonyl (C=O) groups is 2. The fraction of sp³-hybridized carbons (Fsp3) is 0.273. The van der Waals surface area contributed by atoms with Gasteiger partial charge in [-0.2, -0.15) is 0 Å². The zero-order chi connectivity index (χ0) is 18.8. The Labute approximate surface area is 154 Å². The number of nitrogens with zero attached hydrogens (tertiary/aromatic N) is 1. The van der Waals surface area contributed by atoms with E-state index in [9.17, 15) is 9.59 Å². The summed E-state index contributed by atoms with van der Waals surface area (Å²) in [6, 6.07) is 15.4. The van der Waals surface area contributed by atoms with Crippen LogP contribution >= 0.6 is 0 Å². The van der Waals surface area contributed by atoms with Gasteiger partial charge in [-0.15, -0.1) is 0 Å². The fourth-order valence-corrected chi connectivity index (χ4v) is 3.29. The maximum absolute atomic E-state index is 13.0. The number of anilines is 1. The molecule has 0 unspecified atom stereocenters. The molecule has 0 saturated heterocycles. The van der Waals surface area contributed by atoms with Crippen LogP contribution in [0.4, 0.5) is 5.69 Å². The molecule has 2 aromatic carbocycles. The van der Waals surface area contributed by atoms with Crippen molar-refractivity contribution in [3.63, 3.8) is 0 Å². The molecule has 0 aliphatic carbocycles. The average Bonchev–Trinajstić information content (AvgIpc) is 2.79. The van der Waals surface area contributed by atoms with E-state index >= 15 is 0 Å². The van der Waals surface area contributed by atoms with Crippen molar-refractivity contribution in [2.75, 3.05) is 11.9 Å². The summed E-state index contributed by atoms with van der Waals surface area (Å²) in [5.41, 5.74) is 4.57. The van der Waals surface area contributed by atoms with E-state index < -0.39 is 0 Å². The van der Waals surface area contributed by atoms with Gasteiger partial charge in [0, 0.05) is 12.2 Å². The van der Waals surface area contributed by atoms with Gasteiger partial charge in [0.2, 0.25) is 0 Å². The number of amides is 2. The van der Waals surface area contributed by atoms with Crippen molar-refractivity contribution in [2.24, 2.45) is 5.92 Å². The number of aryl methyl sites for hydroxylation is 2.